The fourth-order valence-electron chi connectivity index (χ4n) is 0.611. The van der Waals surface area contributed by atoms with E-state index < -0.39 is 0 Å². The number of halogens is 2. The molecule has 10 heavy (non-hydrogen) atoms. The fraction of sp³-hybridized carbons (Fsp3) is 0. The first-order chi connectivity index (χ1) is 4.75. The van der Waals surface area contributed by atoms with E-state index in [4.69, 9.17) is 0 Å². The first-order valence-corrected chi connectivity index (χ1v) is 3.91. The van der Waals surface area contributed by atoms with Crippen LogP contribution in [-0.2, 0) is 0 Å². The zero-order valence-corrected chi connectivity index (χ0v) is 7.38. The summed E-state index contributed by atoms with van der Waals surface area (Å²) >= 11 is 7.63. The van der Waals surface area contributed by atoms with Gasteiger partial charge < -0.3 is 0 Å². The summed E-state index contributed by atoms with van der Waals surface area (Å²) in [6.45, 7) is 0. The van der Waals surface area contributed by atoms with Crippen LogP contribution in [0.5, 0.6) is 0 Å². The minimum Gasteiger partial charge on any atom is -0.205 e. The van der Waals surface area contributed by atoms with E-state index >= 15 is 0 Å². The molecule has 0 nitrogen and oxygen atoms in total. The Hall–Kier alpha value is -0.280. The van der Waals surface area contributed by atoms with Crippen molar-refractivity contribution in [2.75, 3.05) is 0 Å². The molecule has 0 saturated carbocycles. The Morgan fingerprint density at radius 1 is 1.50 bits per heavy atom. The Labute approximate surface area is 72.2 Å². The smallest absolute Gasteiger partial charge is 0.145 e. The van der Waals surface area contributed by atoms with Crippen LogP contribution in [0, 0.1) is 5.82 Å². The second kappa shape index (κ2) is 3.21. The first kappa shape index (κ1) is 7.82. The van der Waals surface area contributed by atoms with Crippen LogP contribution in [0.2, 0.25) is 0 Å². The minimum absolute atomic E-state index is 0.294. The van der Waals surface area contributed by atoms with Crippen molar-refractivity contribution in [2.45, 2.75) is 0 Å². The molecule has 1 rings (SSSR count). The van der Waals surface area contributed by atoms with E-state index in [1.807, 2.05) is 0 Å². The van der Waals surface area contributed by atoms with Gasteiger partial charge in [-0.15, -0.1) is 0 Å². The molecule has 0 radical (unpaired) electrons. The topological polar surface area (TPSA) is 0 Å². The van der Waals surface area contributed by atoms with Gasteiger partial charge in [-0.25, -0.2) is 4.39 Å². The van der Waals surface area contributed by atoms with E-state index in [0.717, 1.165) is 0 Å². The number of rotatable bonds is 1. The highest BCUT2D eigenvalue weighted by Crippen LogP contribution is 2.16. The SMILES string of the molecule is Fc1c(Br)cccc1C=S. The standard InChI is InChI=1S/C7H4BrFS/c8-6-3-1-2-5(4-10)7(6)9/h1-4H. The maximum atomic E-state index is 12.9. The molecule has 0 atom stereocenters. The van der Waals surface area contributed by atoms with Gasteiger partial charge in [0.05, 0.1) is 4.47 Å². The molecule has 0 aliphatic heterocycles. The van der Waals surface area contributed by atoms with Crippen molar-refractivity contribution < 1.29 is 4.39 Å². The normalized spacial score (nSPS) is 9.40. The third-order valence-electron chi connectivity index (χ3n) is 1.11. The number of thiocarbonyl (C=S) groups is 1. The molecule has 0 aliphatic carbocycles. The second-order valence-electron chi connectivity index (χ2n) is 1.76. The molecule has 1 aromatic carbocycles. The van der Waals surface area contributed by atoms with Crippen LogP contribution in [0.15, 0.2) is 22.7 Å². The van der Waals surface area contributed by atoms with Gasteiger partial charge in [-0.05, 0) is 22.0 Å². The van der Waals surface area contributed by atoms with E-state index in [-0.39, 0.29) is 5.82 Å². The van der Waals surface area contributed by atoms with Crippen molar-refractivity contribution in [1.82, 2.24) is 0 Å². The van der Waals surface area contributed by atoms with E-state index in [1.165, 1.54) is 5.37 Å². The molecule has 3 heteroatoms. The van der Waals surface area contributed by atoms with Crippen LogP contribution in [0.1, 0.15) is 5.56 Å². The van der Waals surface area contributed by atoms with Crippen molar-refractivity contribution in [3.63, 3.8) is 0 Å². The molecule has 52 valence electrons. The molecule has 1 aromatic rings. The van der Waals surface area contributed by atoms with Crippen LogP contribution >= 0.6 is 28.1 Å². The van der Waals surface area contributed by atoms with E-state index in [1.54, 1.807) is 18.2 Å². The molecule has 0 amide bonds. The van der Waals surface area contributed by atoms with Crippen molar-refractivity contribution in [3.05, 3.63) is 34.1 Å². The number of hydrogen-bond donors (Lipinski definition) is 0. The van der Waals surface area contributed by atoms with Crippen LogP contribution in [0.3, 0.4) is 0 Å². The summed E-state index contributed by atoms with van der Waals surface area (Å²) in [6, 6.07) is 5.01. The minimum atomic E-state index is -0.294. The van der Waals surface area contributed by atoms with Crippen LogP contribution in [-0.4, -0.2) is 5.37 Å². The summed E-state index contributed by atoms with van der Waals surface area (Å²) < 4.78 is 13.3. The monoisotopic (exact) mass is 218 g/mol. The fourth-order valence-corrected chi connectivity index (χ4v) is 1.18. The molecule has 0 N–H and O–H groups in total. The quantitative estimate of drug-likeness (QED) is 0.654. The maximum absolute atomic E-state index is 12.9. The molecule has 0 heterocycles. The Kier molecular flexibility index (Phi) is 2.51. The summed E-state index contributed by atoms with van der Waals surface area (Å²) in [5, 5.41) is 1.32. The number of benzene rings is 1. The Bertz CT molecular complexity index is 260. The van der Waals surface area contributed by atoms with Gasteiger partial charge in [0, 0.05) is 10.9 Å². The predicted octanol–water partition coefficient (Wildman–Crippen LogP) is 2.94. The molecule has 0 aliphatic rings. The van der Waals surface area contributed by atoms with Gasteiger partial charge >= 0.3 is 0 Å². The first-order valence-electron chi connectivity index (χ1n) is 2.65. The molecule has 0 aromatic heterocycles. The lowest BCUT2D eigenvalue weighted by molar-refractivity contribution is 0.619. The average molecular weight is 219 g/mol. The van der Waals surface area contributed by atoms with Crippen molar-refractivity contribution in [2.24, 2.45) is 0 Å². The average Bonchev–Trinajstić information content (AvgIpc) is 1.95. The molecule has 0 bridgehead atoms. The predicted molar refractivity (Wildman–Crippen MR) is 46.9 cm³/mol. The molecule has 0 unspecified atom stereocenters. The third kappa shape index (κ3) is 1.41. The highest BCUT2D eigenvalue weighted by atomic mass is 79.9. The molecule has 0 saturated heterocycles. The van der Waals surface area contributed by atoms with Gasteiger partial charge in [-0.1, -0.05) is 24.4 Å². The van der Waals surface area contributed by atoms with Gasteiger partial charge in [0.2, 0.25) is 0 Å². The van der Waals surface area contributed by atoms with Crippen LogP contribution in [0.4, 0.5) is 4.39 Å². The Morgan fingerprint density at radius 2 is 2.20 bits per heavy atom. The Balaban J connectivity index is 3.27. The van der Waals surface area contributed by atoms with Gasteiger partial charge in [0.25, 0.3) is 0 Å². The summed E-state index contributed by atoms with van der Waals surface area (Å²) in [6.07, 6.45) is 0. The summed E-state index contributed by atoms with van der Waals surface area (Å²) in [4.78, 5) is 0. The molecular formula is C7H4BrFS. The van der Waals surface area contributed by atoms with E-state index in [9.17, 15) is 4.39 Å². The summed E-state index contributed by atoms with van der Waals surface area (Å²) in [7, 11) is 0. The third-order valence-corrected chi connectivity index (χ3v) is 1.97. The summed E-state index contributed by atoms with van der Waals surface area (Å²) in [5.74, 6) is -0.294. The zero-order chi connectivity index (χ0) is 7.56. The van der Waals surface area contributed by atoms with Gasteiger partial charge in [-0.2, -0.15) is 0 Å². The molecule has 0 fully saturated rings. The lowest BCUT2D eigenvalue weighted by Gasteiger charge is -1.95. The van der Waals surface area contributed by atoms with Gasteiger partial charge in [0.1, 0.15) is 5.82 Å². The van der Waals surface area contributed by atoms with Crippen molar-refractivity contribution >= 4 is 33.5 Å². The highest BCUT2D eigenvalue weighted by molar-refractivity contribution is 9.10. The lowest BCUT2D eigenvalue weighted by atomic mass is 10.2. The largest absolute Gasteiger partial charge is 0.205 e. The molecule has 0 spiro atoms. The van der Waals surface area contributed by atoms with Crippen LogP contribution in [0.25, 0.3) is 0 Å². The highest BCUT2D eigenvalue weighted by Gasteiger charge is 2.00. The molecular weight excluding hydrogens is 215 g/mol. The number of hydrogen-bond acceptors (Lipinski definition) is 1. The Morgan fingerprint density at radius 3 is 2.70 bits per heavy atom. The van der Waals surface area contributed by atoms with Crippen molar-refractivity contribution in [3.8, 4) is 0 Å². The van der Waals surface area contributed by atoms with E-state index in [0.29, 0.717) is 10.0 Å². The van der Waals surface area contributed by atoms with Crippen molar-refractivity contribution in [1.29, 1.82) is 0 Å². The van der Waals surface area contributed by atoms with E-state index in [2.05, 4.69) is 28.1 Å². The lowest BCUT2D eigenvalue weighted by Crippen LogP contribution is -1.85. The van der Waals surface area contributed by atoms with Gasteiger partial charge in [0.15, 0.2) is 0 Å². The maximum Gasteiger partial charge on any atom is 0.145 e. The van der Waals surface area contributed by atoms with Crippen LogP contribution < -0.4 is 0 Å². The second-order valence-corrected chi connectivity index (χ2v) is 2.85. The zero-order valence-electron chi connectivity index (χ0n) is 4.97. The van der Waals surface area contributed by atoms with Gasteiger partial charge in [-0.3, -0.25) is 0 Å². The summed E-state index contributed by atoms with van der Waals surface area (Å²) in [5.41, 5.74) is 0.448.